The Labute approximate surface area is 62.3 Å². The fourth-order valence-electron chi connectivity index (χ4n) is 0. The van der Waals surface area contributed by atoms with E-state index in [1.807, 2.05) is 0 Å². The molecule has 0 saturated heterocycles. The van der Waals surface area contributed by atoms with Gasteiger partial charge < -0.3 is 5.11 Å². The summed E-state index contributed by atoms with van der Waals surface area (Å²) >= 11 is 13.2. The van der Waals surface area contributed by atoms with Crippen LogP contribution in [0.4, 0.5) is 4.39 Å². The van der Waals surface area contributed by atoms with Crippen LogP contribution < -0.4 is 0 Å². The van der Waals surface area contributed by atoms with Crippen molar-refractivity contribution in [3.8, 4) is 0 Å². The fourth-order valence-corrected chi connectivity index (χ4v) is 0. The zero-order valence-electron chi connectivity index (χ0n) is 4.17. The lowest BCUT2D eigenvalue weighted by Crippen LogP contribution is -1.83. The van der Waals surface area contributed by atoms with Crippen LogP contribution in [0.25, 0.3) is 0 Å². The molecule has 0 heterocycles. The number of alkyl halides is 4. The minimum absolute atomic E-state index is 0.250. The highest BCUT2D eigenvalue weighted by atomic mass is 35.6. The topological polar surface area (TPSA) is 20.2 Å². The van der Waals surface area contributed by atoms with Crippen LogP contribution in [-0.4, -0.2) is 15.8 Å². The number of aliphatic hydroxyl groups excluding tert-OH is 1. The third kappa shape index (κ3) is 388. The monoisotopic (exact) mass is 182 g/mol. The van der Waals surface area contributed by atoms with E-state index in [9.17, 15) is 4.39 Å². The predicted molar refractivity (Wildman–Crippen MR) is 34.2 cm³/mol. The van der Waals surface area contributed by atoms with Gasteiger partial charge in [0.25, 0.3) is 0 Å². The first-order valence-electron chi connectivity index (χ1n) is 1.78. The fraction of sp³-hybridized carbons (Fsp3) is 1.00. The maximum Gasteiger partial charge on any atom is 0.333 e. The summed E-state index contributed by atoms with van der Waals surface area (Å²) in [5, 5.41) is 7.57. The number of hydrogen-bond acceptors (Lipinski definition) is 1. The average Bonchev–Trinajstić information content (AvgIpc) is 1.27. The van der Waals surface area contributed by atoms with Gasteiger partial charge in [-0.05, 0) is 41.7 Å². The molecule has 0 aromatic heterocycles. The molecule has 0 aliphatic heterocycles. The van der Waals surface area contributed by atoms with Gasteiger partial charge in [0.1, 0.15) is 0 Å². The van der Waals surface area contributed by atoms with Gasteiger partial charge in [-0.1, -0.05) is 0 Å². The van der Waals surface area contributed by atoms with Gasteiger partial charge in [0, 0.05) is 6.61 Å². The number of rotatable bonds is 0. The van der Waals surface area contributed by atoms with Crippen LogP contribution in [0.1, 0.15) is 6.92 Å². The molecule has 0 atom stereocenters. The van der Waals surface area contributed by atoms with Gasteiger partial charge in [0.15, 0.2) is 0 Å². The van der Waals surface area contributed by atoms with Crippen molar-refractivity contribution in [2.75, 3.05) is 6.61 Å². The van der Waals surface area contributed by atoms with Crippen molar-refractivity contribution in [1.29, 1.82) is 0 Å². The summed E-state index contributed by atoms with van der Waals surface area (Å²) in [7, 11) is 0. The minimum Gasteiger partial charge on any atom is -0.397 e. The second-order valence-corrected chi connectivity index (χ2v) is 2.89. The van der Waals surface area contributed by atoms with E-state index in [-0.39, 0.29) is 6.61 Å². The zero-order chi connectivity index (χ0) is 7.21. The maximum absolute atomic E-state index is 11.0. The smallest absolute Gasteiger partial charge is 0.333 e. The molecule has 1 nitrogen and oxygen atoms in total. The Morgan fingerprint density at radius 3 is 1.50 bits per heavy atom. The molecular weight excluding hydrogens is 177 g/mol. The van der Waals surface area contributed by atoms with Crippen molar-refractivity contribution in [3.05, 3.63) is 0 Å². The quantitative estimate of drug-likeness (QED) is 0.571. The van der Waals surface area contributed by atoms with Crippen molar-refractivity contribution in [2.24, 2.45) is 0 Å². The molecule has 0 radical (unpaired) electrons. The van der Waals surface area contributed by atoms with E-state index in [2.05, 4.69) is 34.8 Å². The van der Waals surface area contributed by atoms with E-state index in [4.69, 9.17) is 5.11 Å². The van der Waals surface area contributed by atoms with Crippen LogP contribution in [0.2, 0.25) is 0 Å². The highest BCUT2D eigenvalue weighted by molar-refractivity contribution is 6.66. The summed E-state index contributed by atoms with van der Waals surface area (Å²) in [6.07, 6.45) is 0. The van der Waals surface area contributed by atoms with Crippen molar-refractivity contribution >= 4 is 34.8 Å². The van der Waals surface area contributed by atoms with Gasteiger partial charge in [-0.3, -0.25) is 0 Å². The van der Waals surface area contributed by atoms with Crippen LogP contribution in [0.15, 0.2) is 0 Å². The van der Waals surface area contributed by atoms with E-state index in [0.29, 0.717) is 0 Å². The molecule has 0 spiro atoms. The van der Waals surface area contributed by atoms with E-state index in [1.165, 1.54) is 0 Å². The molecule has 0 bridgehead atoms. The van der Waals surface area contributed by atoms with Crippen molar-refractivity contribution in [2.45, 2.75) is 11.0 Å². The standard InChI is InChI=1S/C2H6O.CCl3F/c1-2-3;2-1(3,4)5/h3H,2H2,1H3;. The zero-order valence-corrected chi connectivity index (χ0v) is 6.43. The van der Waals surface area contributed by atoms with Gasteiger partial charge >= 0.3 is 4.05 Å². The Bertz CT molecular complexity index is 38.3. The van der Waals surface area contributed by atoms with Gasteiger partial charge in [0.2, 0.25) is 0 Å². The normalized spacial score (nSPS) is 9.75. The molecule has 0 fully saturated rings. The highest BCUT2D eigenvalue weighted by Crippen LogP contribution is 2.26. The molecule has 1 N–H and O–H groups in total. The first-order valence-corrected chi connectivity index (χ1v) is 2.91. The summed E-state index contributed by atoms with van der Waals surface area (Å²) in [5.74, 6) is 0. The molecule has 0 aliphatic rings. The number of aliphatic hydroxyl groups is 1. The predicted octanol–water partition coefficient (Wildman–Crippen LogP) is 2.28. The summed E-state index contributed by atoms with van der Waals surface area (Å²) < 4.78 is 8.40. The number of halogens is 4. The second kappa shape index (κ2) is 5.89. The van der Waals surface area contributed by atoms with E-state index < -0.39 is 4.05 Å². The Balaban J connectivity index is 0. The van der Waals surface area contributed by atoms with Crippen molar-refractivity contribution in [3.63, 3.8) is 0 Å². The Hall–Kier alpha value is 0.760. The molecule has 5 heteroatoms. The summed E-state index contributed by atoms with van der Waals surface area (Å²) in [6, 6.07) is 0. The van der Waals surface area contributed by atoms with Crippen LogP contribution >= 0.6 is 34.8 Å². The molecule has 0 unspecified atom stereocenters. The van der Waals surface area contributed by atoms with E-state index in [0.717, 1.165) is 0 Å². The van der Waals surface area contributed by atoms with Crippen LogP contribution in [0.3, 0.4) is 0 Å². The second-order valence-electron chi connectivity index (χ2n) is 0.745. The largest absolute Gasteiger partial charge is 0.397 e. The van der Waals surface area contributed by atoms with E-state index in [1.54, 1.807) is 6.92 Å². The SMILES string of the molecule is CCO.FC(Cl)(Cl)Cl. The molecule has 0 aromatic rings. The van der Waals surface area contributed by atoms with Crippen LogP contribution in [0, 0.1) is 0 Å². The van der Waals surface area contributed by atoms with Gasteiger partial charge in [0.05, 0.1) is 0 Å². The minimum atomic E-state index is -2.58. The van der Waals surface area contributed by atoms with Gasteiger partial charge in [-0.25, -0.2) is 0 Å². The summed E-state index contributed by atoms with van der Waals surface area (Å²) in [6.45, 7) is 1.93. The van der Waals surface area contributed by atoms with E-state index >= 15 is 0 Å². The lowest BCUT2D eigenvalue weighted by Gasteiger charge is -1.89. The van der Waals surface area contributed by atoms with Gasteiger partial charge in [-0.2, -0.15) is 4.39 Å². The molecule has 0 aromatic carbocycles. The summed E-state index contributed by atoms with van der Waals surface area (Å²) in [4.78, 5) is 0. The Morgan fingerprint density at radius 1 is 1.50 bits per heavy atom. The molecule has 0 amide bonds. The number of hydrogen-bond donors (Lipinski definition) is 1. The molecule has 0 aliphatic carbocycles. The lowest BCUT2D eigenvalue weighted by molar-refractivity contribution is 0.318. The Kier molecular flexibility index (Phi) is 8.50. The Morgan fingerprint density at radius 2 is 1.50 bits per heavy atom. The average molecular weight is 183 g/mol. The van der Waals surface area contributed by atoms with Gasteiger partial charge in [-0.15, -0.1) is 0 Å². The molecule has 0 saturated carbocycles. The van der Waals surface area contributed by atoms with Crippen molar-refractivity contribution in [1.82, 2.24) is 0 Å². The highest BCUT2D eigenvalue weighted by Gasteiger charge is 2.14. The van der Waals surface area contributed by atoms with Crippen LogP contribution in [-0.2, 0) is 0 Å². The maximum atomic E-state index is 11.0. The molecule has 0 rings (SSSR count). The first-order chi connectivity index (χ1) is 3.41. The molecule has 8 heavy (non-hydrogen) atoms. The third-order valence-corrected chi connectivity index (χ3v) is 0. The van der Waals surface area contributed by atoms with Crippen LogP contribution in [0.5, 0.6) is 0 Å². The first kappa shape index (κ1) is 11.5. The van der Waals surface area contributed by atoms with Crippen molar-refractivity contribution < 1.29 is 9.50 Å². The lowest BCUT2D eigenvalue weighted by atomic mass is 10.9. The molecular formula is C3H6Cl3FO. The molecule has 52 valence electrons. The summed E-state index contributed by atoms with van der Waals surface area (Å²) in [5.41, 5.74) is 0. The third-order valence-electron chi connectivity index (χ3n) is 0.